The van der Waals surface area contributed by atoms with Crippen molar-refractivity contribution in [2.75, 3.05) is 19.8 Å². The molecule has 1 aromatic rings. The number of ether oxygens (including phenoxy) is 2. The Morgan fingerprint density at radius 1 is 1.37 bits per heavy atom. The molecule has 0 amide bonds. The molecule has 1 aliphatic rings. The largest absolute Gasteiger partial charge is 0.493 e. The van der Waals surface area contributed by atoms with E-state index in [1.165, 1.54) is 24.8 Å². The molecule has 1 fully saturated rings. The molecule has 19 heavy (non-hydrogen) atoms. The smallest absolute Gasteiger partial charge is 0.123 e. The van der Waals surface area contributed by atoms with Crippen molar-refractivity contribution in [2.24, 2.45) is 0 Å². The lowest BCUT2D eigenvalue weighted by Gasteiger charge is -2.14. The Morgan fingerprint density at radius 3 is 3.05 bits per heavy atom. The monoisotopic (exact) mass is 263 g/mol. The van der Waals surface area contributed by atoms with E-state index in [9.17, 15) is 0 Å². The van der Waals surface area contributed by atoms with E-state index in [0.29, 0.717) is 6.10 Å². The molecule has 0 aromatic heterocycles. The van der Waals surface area contributed by atoms with Crippen LogP contribution in [-0.4, -0.2) is 25.9 Å². The quantitative estimate of drug-likeness (QED) is 0.731. The Hall–Kier alpha value is -1.06. The van der Waals surface area contributed by atoms with Gasteiger partial charge in [-0.05, 0) is 25.3 Å². The number of nitrogens with one attached hydrogen (secondary N) is 1. The maximum absolute atomic E-state index is 5.83. The van der Waals surface area contributed by atoms with Crippen LogP contribution in [0.1, 0.15) is 38.2 Å². The first-order chi connectivity index (χ1) is 9.40. The Balaban J connectivity index is 1.77. The minimum absolute atomic E-state index is 0.396. The van der Waals surface area contributed by atoms with Gasteiger partial charge in [0, 0.05) is 25.3 Å². The SMILES string of the molecule is CCCCOc1ccccc1CNCC1CCCO1. The first-order valence-electron chi connectivity index (χ1n) is 7.43. The summed E-state index contributed by atoms with van der Waals surface area (Å²) in [7, 11) is 0. The van der Waals surface area contributed by atoms with Crippen molar-refractivity contribution in [3.63, 3.8) is 0 Å². The maximum Gasteiger partial charge on any atom is 0.123 e. The zero-order chi connectivity index (χ0) is 13.3. The topological polar surface area (TPSA) is 30.5 Å². The third kappa shape index (κ3) is 4.84. The Kier molecular flexibility index (Phi) is 6.18. The molecule has 0 spiro atoms. The van der Waals surface area contributed by atoms with Gasteiger partial charge >= 0.3 is 0 Å². The number of para-hydroxylation sites is 1. The van der Waals surface area contributed by atoms with Crippen LogP contribution in [-0.2, 0) is 11.3 Å². The van der Waals surface area contributed by atoms with Gasteiger partial charge in [-0.2, -0.15) is 0 Å². The molecule has 1 atom stereocenters. The summed E-state index contributed by atoms with van der Waals surface area (Å²) in [6.07, 6.45) is 5.05. The Morgan fingerprint density at radius 2 is 2.26 bits per heavy atom. The van der Waals surface area contributed by atoms with E-state index in [-0.39, 0.29) is 0 Å². The van der Waals surface area contributed by atoms with Crippen LogP contribution >= 0.6 is 0 Å². The summed E-state index contributed by atoms with van der Waals surface area (Å²) < 4.78 is 11.4. The van der Waals surface area contributed by atoms with E-state index in [4.69, 9.17) is 9.47 Å². The molecule has 1 saturated heterocycles. The van der Waals surface area contributed by atoms with Gasteiger partial charge in [-0.25, -0.2) is 0 Å². The highest BCUT2D eigenvalue weighted by Crippen LogP contribution is 2.18. The summed E-state index contributed by atoms with van der Waals surface area (Å²) in [6, 6.07) is 8.28. The van der Waals surface area contributed by atoms with Gasteiger partial charge in [0.2, 0.25) is 0 Å². The van der Waals surface area contributed by atoms with Crippen LogP contribution < -0.4 is 10.1 Å². The zero-order valence-electron chi connectivity index (χ0n) is 11.9. The van der Waals surface area contributed by atoms with E-state index in [1.54, 1.807) is 0 Å². The molecule has 1 unspecified atom stereocenters. The fourth-order valence-corrected chi connectivity index (χ4v) is 2.29. The maximum atomic E-state index is 5.83. The third-order valence-corrected chi connectivity index (χ3v) is 3.44. The first kappa shape index (κ1) is 14.4. The van der Waals surface area contributed by atoms with Crippen LogP contribution in [0.15, 0.2) is 24.3 Å². The summed E-state index contributed by atoms with van der Waals surface area (Å²) in [6.45, 7) is 5.69. The minimum Gasteiger partial charge on any atom is -0.493 e. The lowest BCUT2D eigenvalue weighted by atomic mass is 10.2. The van der Waals surface area contributed by atoms with Crippen molar-refractivity contribution >= 4 is 0 Å². The lowest BCUT2D eigenvalue weighted by Crippen LogP contribution is -2.26. The van der Waals surface area contributed by atoms with Crippen molar-refractivity contribution < 1.29 is 9.47 Å². The molecule has 1 aromatic carbocycles. The molecule has 1 aliphatic heterocycles. The number of unbranched alkanes of at least 4 members (excludes halogenated alkanes) is 1. The van der Waals surface area contributed by atoms with E-state index in [1.807, 2.05) is 6.07 Å². The molecule has 3 nitrogen and oxygen atoms in total. The van der Waals surface area contributed by atoms with Gasteiger partial charge in [-0.15, -0.1) is 0 Å². The van der Waals surface area contributed by atoms with Crippen LogP contribution in [0.2, 0.25) is 0 Å². The van der Waals surface area contributed by atoms with Gasteiger partial charge in [0.25, 0.3) is 0 Å². The van der Waals surface area contributed by atoms with E-state index >= 15 is 0 Å². The van der Waals surface area contributed by atoms with E-state index < -0.39 is 0 Å². The van der Waals surface area contributed by atoms with Crippen LogP contribution in [0, 0.1) is 0 Å². The van der Waals surface area contributed by atoms with Gasteiger partial charge in [-0.1, -0.05) is 31.5 Å². The van der Waals surface area contributed by atoms with Gasteiger partial charge in [0.1, 0.15) is 5.75 Å². The molecule has 1 N–H and O–H groups in total. The van der Waals surface area contributed by atoms with E-state index in [2.05, 4.69) is 30.4 Å². The van der Waals surface area contributed by atoms with Crippen molar-refractivity contribution in [3.05, 3.63) is 29.8 Å². The summed E-state index contributed by atoms with van der Waals surface area (Å²) in [5, 5.41) is 3.47. The molecule has 0 bridgehead atoms. The molecule has 0 saturated carbocycles. The van der Waals surface area contributed by atoms with Gasteiger partial charge in [-0.3, -0.25) is 0 Å². The van der Waals surface area contributed by atoms with Crippen molar-refractivity contribution in [1.29, 1.82) is 0 Å². The Bertz CT molecular complexity index is 362. The second-order valence-corrected chi connectivity index (χ2v) is 5.08. The highest BCUT2D eigenvalue weighted by atomic mass is 16.5. The fraction of sp³-hybridized carbons (Fsp3) is 0.625. The normalized spacial score (nSPS) is 18.7. The number of rotatable bonds is 8. The molecule has 106 valence electrons. The predicted octanol–water partition coefficient (Wildman–Crippen LogP) is 3.13. The first-order valence-corrected chi connectivity index (χ1v) is 7.43. The highest BCUT2D eigenvalue weighted by Gasteiger charge is 2.14. The van der Waals surface area contributed by atoms with Crippen LogP contribution in [0.4, 0.5) is 0 Å². The average Bonchev–Trinajstić information content (AvgIpc) is 2.94. The highest BCUT2D eigenvalue weighted by molar-refractivity contribution is 5.33. The predicted molar refractivity (Wildman–Crippen MR) is 77.5 cm³/mol. The fourth-order valence-electron chi connectivity index (χ4n) is 2.29. The number of benzene rings is 1. The van der Waals surface area contributed by atoms with Crippen LogP contribution in [0.5, 0.6) is 5.75 Å². The lowest BCUT2D eigenvalue weighted by molar-refractivity contribution is 0.110. The molecule has 0 radical (unpaired) electrons. The Labute approximate surface area is 116 Å². The summed E-state index contributed by atoms with van der Waals surface area (Å²) in [5.41, 5.74) is 1.23. The average molecular weight is 263 g/mol. The van der Waals surface area contributed by atoms with Crippen molar-refractivity contribution in [1.82, 2.24) is 5.32 Å². The van der Waals surface area contributed by atoms with Crippen LogP contribution in [0.3, 0.4) is 0 Å². The van der Waals surface area contributed by atoms with Gasteiger partial charge in [0.15, 0.2) is 0 Å². The second-order valence-electron chi connectivity index (χ2n) is 5.08. The molecule has 1 heterocycles. The molecule has 2 rings (SSSR count). The summed E-state index contributed by atoms with van der Waals surface area (Å²) >= 11 is 0. The van der Waals surface area contributed by atoms with Gasteiger partial charge < -0.3 is 14.8 Å². The van der Waals surface area contributed by atoms with Crippen molar-refractivity contribution in [3.8, 4) is 5.75 Å². The number of hydrogen-bond acceptors (Lipinski definition) is 3. The van der Waals surface area contributed by atoms with Gasteiger partial charge in [0.05, 0.1) is 12.7 Å². The zero-order valence-corrected chi connectivity index (χ0v) is 11.9. The van der Waals surface area contributed by atoms with Crippen LogP contribution in [0.25, 0.3) is 0 Å². The summed E-state index contributed by atoms with van der Waals surface area (Å²) in [5.74, 6) is 1.01. The standard InChI is InChI=1S/C16H25NO2/c1-2-3-10-19-16-9-5-4-7-14(16)12-17-13-15-8-6-11-18-15/h4-5,7,9,15,17H,2-3,6,8,10-13H2,1H3. The molecule has 3 heteroatoms. The minimum atomic E-state index is 0.396. The molecule has 0 aliphatic carbocycles. The number of hydrogen-bond donors (Lipinski definition) is 1. The molecular weight excluding hydrogens is 238 g/mol. The summed E-state index contributed by atoms with van der Waals surface area (Å²) in [4.78, 5) is 0. The van der Waals surface area contributed by atoms with E-state index in [0.717, 1.165) is 38.5 Å². The third-order valence-electron chi connectivity index (χ3n) is 3.44. The second kappa shape index (κ2) is 8.18. The molecular formula is C16H25NO2. The van der Waals surface area contributed by atoms with Crippen molar-refractivity contribution in [2.45, 2.75) is 45.3 Å².